The van der Waals surface area contributed by atoms with Gasteiger partial charge in [-0.3, -0.25) is 14.5 Å². The average molecular weight is 653 g/mol. The molecule has 44 heavy (non-hydrogen) atoms. The first-order chi connectivity index (χ1) is 21.1. The highest BCUT2D eigenvalue weighted by atomic mass is 35.5. The summed E-state index contributed by atoms with van der Waals surface area (Å²) in [5.41, 5.74) is 13.1. The maximum Gasteiger partial charge on any atom is 0.276 e. The number of anilines is 2. The molecule has 1 unspecified atom stereocenters. The number of nitrogen functional groups attached to an aromatic ring is 1. The second-order valence-corrected chi connectivity index (χ2v) is 11.8. The van der Waals surface area contributed by atoms with Crippen LogP contribution in [0.15, 0.2) is 12.1 Å². The number of hydrogen-bond acceptors (Lipinski definition) is 10. The number of hydrogen-bond donors (Lipinski definition) is 3. The van der Waals surface area contributed by atoms with E-state index in [1.807, 2.05) is 23.6 Å². The Morgan fingerprint density at radius 3 is 2.36 bits per heavy atom. The lowest BCUT2D eigenvalue weighted by atomic mass is 9.99. The van der Waals surface area contributed by atoms with Crippen molar-refractivity contribution in [2.24, 2.45) is 5.73 Å². The summed E-state index contributed by atoms with van der Waals surface area (Å²) < 4.78 is 0. The molecule has 1 aliphatic rings. The van der Waals surface area contributed by atoms with E-state index in [1.54, 1.807) is 12.1 Å². The fourth-order valence-corrected chi connectivity index (χ4v) is 6.09. The number of likely N-dealkylation sites (tertiary alicyclic amines) is 1. The van der Waals surface area contributed by atoms with Crippen LogP contribution >= 0.6 is 23.2 Å². The number of piperidine rings is 1. The number of halogens is 2. The van der Waals surface area contributed by atoms with Crippen molar-refractivity contribution in [3.8, 4) is 0 Å². The van der Waals surface area contributed by atoms with Gasteiger partial charge >= 0.3 is 0 Å². The summed E-state index contributed by atoms with van der Waals surface area (Å²) in [5, 5.41) is 9.81. The number of carbonyl (C=O) groups is 2. The standard InChI is InChI=1S/C30H47Cl2N9O3/c1-5-12-39(17-18-42)30(44)25-27(34)37-28(26(32)36-25)38(7-3)15-16-41(20(4)6-2)21-10-13-40(14-11-21)29(43)22-8-9-24(31)35-23(22)19-33/h8-9,20-21,42H,5-7,10-19,33H2,1-4H3,(H2,34,37). The number of carbonyl (C=O) groups excluding carboxylic acids is 2. The van der Waals surface area contributed by atoms with Crippen molar-refractivity contribution >= 4 is 46.7 Å². The second-order valence-electron chi connectivity index (χ2n) is 11.0. The molecule has 0 bridgehead atoms. The van der Waals surface area contributed by atoms with Gasteiger partial charge in [0.05, 0.1) is 17.9 Å². The monoisotopic (exact) mass is 651 g/mol. The van der Waals surface area contributed by atoms with Crippen LogP contribution in [-0.4, -0.2) is 111 Å². The van der Waals surface area contributed by atoms with Crippen molar-refractivity contribution in [3.05, 3.63) is 39.4 Å². The zero-order chi connectivity index (χ0) is 32.4. The number of amides is 2. The topological polar surface area (TPSA) is 158 Å². The third kappa shape index (κ3) is 8.69. The number of nitrogens with zero attached hydrogens (tertiary/aromatic N) is 7. The summed E-state index contributed by atoms with van der Waals surface area (Å²) in [5.74, 6) is -0.0235. The molecule has 0 aromatic carbocycles. The molecule has 0 aliphatic carbocycles. The molecule has 0 spiro atoms. The van der Waals surface area contributed by atoms with E-state index in [2.05, 4.69) is 33.7 Å². The lowest BCUT2D eigenvalue weighted by Crippen LogP contribution is -2.51. The molecule has 14 heteroatoms. The molecule has 2 aromatic heterocycles. The molecule has 1 fully saturated rings. The number of pyridine rings is 1. The van der Waals surface area contributed by atoms with E-state index in [0.29, 0.717) is 67.0 Å². The van der Waals surface area contributed by atoms with Crippen molar-refractivity contribution in [1.82, 2.24) is 29.7 Å². The minimum absolute atomic E-state index is 0.00722. The van der Waals surface area contributed by atoms with Gasteiger partial charge in [-0.1, -0.05) is 37.0 Å². The maximum atomic E-state index is 13.3. The van der Waals surface area contributed by atoms with Crippen LogP contribution in [0.4, 0.5) is 11.6 Å². The molecule has 1 atom stereocenters. The van der Waals surface area contributed by atoms with Gasteiger partial charge in [0.25, 0.3) is 11.8 Å². The third-order valence-electron chi connectivity index (χ3n) is 8.27. The summed E-state index contributed by atoms with van der Waals surface area (Å²) in [6.07, 6.45) is 3.39. The van der Waals surface area contributed by atoms with Gasteiger partial charge in [-0.15, -0.1) is 0 Å². The Morgan fingerprint density at radius 2 is 1.77 bits per heavy atom. The first kappa shape index (κ1) is 35.7. The minimum Gasteiger partial charge on any atom is -0.395 e. The maximum absolute atomic E-state index is 13.3. The van der Waals surface area contributed by atoms with Crippen LogP contribution < -0.4 is 16.4 Å². The number of aliphatic hydroxyl groups excluding tert-OH is 1. The number of likely N-dealkylation sites (N-methyl/N-ethyl adjacent to an activating group) is 1. The summed E-state index contributed by atoms with van der Waals surface area (Å²) >= 11 is 12.6. The van der Waals surface area contributed by atoms with E-state index in [9.17, 15) is 14.7 Å². The normalized spacial score (nSPS) is 14.6. The molecular formula is C30H47Cl2N9O3. The Kier molecular flexibility index (Phi) is 13.9. The molecule has 3 rings (SSSR count). The minimum atomic E-state index is -0.401. The zero-order valence-corrected chi connectivity index (χ0v) is 27.8. The van der Waals surface area contributed by atoms with E-state index in [1.165, 1.54) is 4.90 Å². The molecule has 12 nitrogen and oxygen atoms in total. The predicted molar refractivity (Wildman–Crippen MR) is 175 cm³/mol. The molecule has 2 amide bonds. The Labute approximate surface area is 270 Å². The molecule has 3 heterocycles. The summed E-state index contributed by atoms with van der Waals surface area (Å²) in [6.45, 7) is 12.3. The largest absolute Gasteiger partial charge is 0.395 e. The molecule has 0 radical (unpaired) electrons. The van der Waals surface area contributed by atoms with E-state index in [0.717, 1.165) is 32.2 Å². The van der Waals surface area contributed by atoms with Crippen LogP contribution in [0.1, 0.15) is 79.9 Å². The molecule has 244 valence electrons. The fraction of sp³-hybridized carbons (Fsp3) is 0.633. The van der Waals surface area contributed by atoms with E-state index in [-0.39, 0.29) is 42.3 Å². The van der Waals surface area contributed by atoms with Gasteiger partial charge in [-0.25, -0.2) is 15.0 Å². The highest BCUT2D eigenvalue weighted by Gasteiger charge is 2.31. The van der Waals surface area contributed by atoms with E-state index >= 15 is 0 Å². The van der Waals surface area contributed by atoms with Crippen LogP contribution in [-0.2, 0) is 6.54 Å². The summed E-state index contributed by atoms with van der Waals surface area (Å²) in [6, 6.07) is 3.95. The molecule has 5 N–H and O–H groups in total. The van der Waals surface area contributed by atoms with E-state index in [4.69, 9.17) is 34.7 Å². The summed E-state index contributed by atoms with van der Waals surface area (Å²) in [4.78, 5) is 47.3. The Morgan fingerprint density at radius 1 is 1.07 bits per heavy atom. The lowest BCUT2D eigenvalue weighted by Gasteiger charge is -2.42. The fourth-order valence-electron chi connectivity index (χ4n) is 5.68. The number of nitrogens with two attached hydrogens (primary N) is 2. The smallest absolute Gasteiger partial charge is 0.276 e. The van der Waals surface area contributed by atoms with Crippen LogP contribution in [0.2, 0.25) is 10.3 Å². The van der Waals surface area contributed by atoms with Crippen molar-refractivity contribution < 1.29 is 14.7 Å². The Bertz CT molecular complexity index is 1250. The highest BCUT2D eigenvalue weighted by Crippen LogP contribution is 2.27. The molecule has 1 saturated heterocycles. The van der Waals surface area contributed by atoms with Gasteiger partial charge in [0.2, 0.25) is 0 Å². The predicted octanol–water partition coefficient (Wildman–Crippen LogP) is 3.30. The Balaban J connectivity index is 1.70. The van der Waals surface area contributed by atoms with E-state index < -0.39 is 5.91 Å². The third-order valence-corrected chi connectivity index (χ3v) is 8.73. The quantitative estimate of drug-likeness (QED) is 0.244. The van der Waals surface area contributed by atoms with Gasteiger partial charge in [-0.2, -0.15) is 0 Å². The van der Waals surface area contributed by atoms with Gasteiger partial charge in [0, 0.05) is 64.4 Å². The Hall–Kier alpha value is -2.77. The first-order valence-corrected chi connectivity index (χ1v) is 16.2. The van der Waals surface area contributed by atoms with Crippen LogP contribution in [0.5, 0.6) is 0 Å². The number of rotatable bonds is 15. The second kappa shape index (κ2) is 17.1. The van der Waals surface area contributed by atoms with Gasteiger partial charge in [0.15, 0.2) is 22.5 Å². The highest BCUT2D eigenvalue weighted by molar-refractivity contribution is 6.32. The number of aliphatic hydroxyl groups is 1. The summed E-state index contributed by atoms with van der Waals surface area (Å²) in [7, 11) is 0. The van der Waals surface area contributed by atoms with Crippen molar-refractivity contribution in [3.63, 3.8) is 0 Å². The molecular weight excluding hydrogens is 605 g/mol. The van der Waals surface area contributed by atoms with Gasteiger partial charge < -0.3 is 31.3 Å². The van der Waals surface area contributed by atoms with Crippen LogP contribution in [0.3, 0.4) is 0 Å². The van der Waals surface area contributed by atoms with Crippen LogP contribution in [0.25, 0.3) is 0 Å². The van der Waals surface area contributed by atoms with Crippen molar-refractivity contribution in [2.75, 3.05) is 63.1 Å². The SMILES string of the molecule is CCCN(CCO)C(=O)c1nc(Cl)c(N(CC)CCN(C(C)CC)C2CCN(C(=O)c3ccc(Cl)nc3CN)CC2)nc1N. The van der Waals surface area contributed by atoms with Gasteiger partial charge in [0.1, 0.15) is 5.15 Å². The molecule has 0 saturated carbocycles. The van der Waals surface area contributed by atoms with Crippen molar-refractivity contribution in [2.45, 2.75) is 72.0 Å². The lowest BCUT2D eigenvalue weighted by molar-refractivity contribution is 0.0551. The molecule has 2 aromatic rings. The first-order valence-electron chi connectivity index (χ1n) is 15.5. The number of aromatic nitrogens is 3. The van der Waals surface area contributed by atoms with Gasteiger partial charge in [-0.05, 0) is 51.7 Å². The van der Waals surface area contributed by atoms with Crippen molar-refractivity contribution in [1.29, 1.82) is 0 Å². The van der Waals surface area contributed by atoms with Crippen LogP contribution in [0, 0.1) is 0 Å². The molecule has 1 aliphatic heterocycles. The average Bonchev–Trinajstić information content (AvgIpc) is 3.03. The zero-order valence-electron chi connectivity index (χ0n) is 26.3.